The molecule has 0 bridgehead atoms. The van der Waals surface area contributed by atoms with Crippen LogP contribution >= 0.6 is 0 Å². The maximum Gasteiger partial charge on any atom is 0.225 e. The Morgan fingerprint density at radius 2 is 1.88 bits per heavy atom. The zero-order valence-electron chi connectivity index (χ0n) is 5.49. The summed E-state index contributed by atoms with van der Waals surface area (Å²) in [5.41, 5.74) is -0.203. The molecule has 0 unspecified atom stereocenters. The van der Waals surface area contributed by atoms with Crippen LogP contribution in [0.1, 0.15) is 20.8 Å². The highest BCUT2D eigenvalue weighted by Crippen LogP contribution is 1.96. The van der Waals surface area contributed by atoms with Crippen LogP contribution in [-0.2, 0) is 4.79 Å². The minimum atomic E-state index is -0.475. The van der Waals surface area contributed by atoms with Crippen molar-refractivity contribution in [3.63, 3.8) is 0 Å². The average molecular weight is 113 g/mol. The van der Waals surface area contributed by atoms with Gasteiger partial charge in [0.25, 0.3) is 0 Å². The predicted molar refractivity (Wildman–Crippen MR) is 32.2 cm³/mol. The van der Waals surface area contributed by atoms with Crippen LogP contribution in [0.15, 0.2) is 0 Å². The van der Waals surface area contributed by atoms with Crippen LogP contribution in [0.3, 0.4) is 0 Å². The SMILES string of the molecule is [CH]C(=O)NC(C)(C)C. The number of carbonyl (C=O) groups is 1. The molecule has 0 aliphatic carbocycles. The van der Waals surface area contributed by atoms with Crippen molar-refractivity contribution in [3.8, 4) is 0 Å². The number of amides is 1. The van der Waals surface area contributed by atoms with Gasteiger partial charge in [-0.25, -0.2) is 0 Å². The van der Waals surface area contributed by atoms with E-state index in [1.807, 2.05) is 20.8 Å². The maximum atomic E-state index is 10.1. The molecule has 0 aromatic carbocycles. The molecule has 2 heteroatoms. The fourth-order valence-corrected chi connectivity index (χ4v) is 0.370. The van der Waals surface area contributed by atoms with Crippen molar-refractivity contribution in [2.45, 2.75) is 26.3 Å². The van der Waals surface area contributed by atoms with Gasteiger partial charge in [-0.15, -0.1) is 0 Å². The topological polar surface area (TPSA) is 29.1 Å². The van der Waals surface area contributed by atoms with Gasteiger partial charge in [0.2, 0.25) is 5.91 Å². The van der Waals surface area contributed by atoms with E-state index in [0.29, 0.717) is 0 Å². The fraction of sp³-hybridized carbons (Fsp3) is 0.667. The maximum absolute atomic E-state index is 10.1. The molecule has 0 fully saturated rings. The van der Waals surface area contributed by atoms with E-state index in [4.69, 9.17) is 6.92 Å². The van der Waals surface area contributed by atoms with Crippen LogP contribution in [0.4, 0.5) is 0 Å². The molecule has 0 aliphatic heterocycles. The molecule has 0 aromatic heterocycles. The van der Waals surface area contributed by atoms with Crippen molar-refractivity contribution < 1.29 is 4.79 Å². The van der Waals surface area contributed by atoms with E-state index in [1.54, 1.807) is 0 Å². The van der Waals surface area contributed by atoms with Gasteiger partial charge in [-0.3, -0.25) is 4.79 Å². The molecule has 0 aromatic rings. The number of hydrogen-bond donors (Lipinski definition) is 1. The Morgan fingerprint density at radius 1 is 1.50 bits per heavy atom. The molecule has 0 rings (SSSR count). The van der Waals surface area contributed by atoms with Crippen molar-refractivity contribution in [3.05, 3.63) is 6.92 Å². The first-order valence-electron chi connectivity index (χ1n) is 2.49. The highest BCUT2D eigenvalue weighted by molar-refractivity contribution is 5.80. The van der Waals surface area contributed by atoms with Gasteiger partial charge in [0.05, 0.1) is 6.92 Å². The first-order chi connectivity index (χ1) is 3.42. The van der Waals surface area contributed by atoms with E-state index < -0.39 is 5.91 Å². The summed E-state index contributed by atoms with van der Waals surface area (Å²) in [5.74, 6) is -0.475. The molecule has 8 heavy (non-hydrogen) atoms. The van der Waals surface area contributed by atoms with E-state index in [1.165, 1.54) is 0 Å². The summed E-state index contributed by atoms with van der Waals surface area (Å²) in [7, 11) is 0. The largest absolute Gasteiger partial charge is 0.351 e. The Morgan fingerprint density at radius 3 is 1.88 bits per heavy atom. The standard InChI is InChI=1S/C6H11NO/c1-5(8)7-6(2,3)4/h1H,2-4H3,(H,7,8). The van der Waals surface area contributed by atoms with Gasteiger partial charge in [0.1, 0.15) is 0 Å². The molecule has 46 valence electrons. The second-order valence-corrected chi connectivity index (χ2v) is 2.74. The third kappa shape index (κ3) is 5.47. The third-order valence-electron chi connectivity index (χ3n) is 0.498. The first-order valence-corrected chi connectivity index (χ1v) is 2.49. The molecule has 1 N–H and O–H groups in total. The minimum absolute atomic E-state index is 0.203. The summed E-state index contributed by atoms with van der Waals surface area (Å²) >= 11 is 0. The zero-order valence-corrected chi connectivity index (χ0v) is 5.49. The minimum Gasteiger partial charge on any atom is -0.351 e. The molecule has 0 atom stereocenters. The molecule has 0 aliphatic rings. The molecule has 2 nitrogen and oxygen atoms in total. The molecule has 0 saturated carbocycles. The van der Waals surface area contributed by atoms with Crippen molar-refractivity contribution in [2.75, 3.05) is 0 Å². The van der Waals surface area contributed by atoms with E-state index in [0.717, 1.165) is 0 Å². The van der Waals surface area contributed by atoms with Crippen molar-refractivity contribution in [1.29, 1.82) is 0 Å². The Labute approximate surface area is 50.3 Å². The predicted octanol–water partition coefficient (Wildman–Crippen LogP) is 0.612. The summed E-state index contributed by atoms with van der Waals surface area (Å²) < 4.78 is 0. The summed E-state index contributed by atoms with van der Waals surface area (Å²) in [5, 5.41) is 2.52. The molecule has 2 radical (unpaired) electrons. The van der Waals surface area contributed by atoms with Gasteiger partial charge in [-0.05, 0) is 20.8 Å². The van der Waals surface area contributed by atoms with Crippen LogP contribution in [0, 0.1) is 6.92 Å². The Hall–Kier alpha value is -0.530. The molecule has 0 saturated heterocycles. The number of carbonyl (C=O) groups excluding carboxylic acids is 1. The molecular weight excluding hydrogens is 102 g/mol. The lowest BCUT2D eigenvalue weighted by atomic mass is 10.1. The lowest BCUT2D eigenvalue weighted by Crippen LogP contribution is -2.39. The lowest BCUT2D eigenvalue weighted by Gasteiger charge is -2.18. The first kappa shape index (κ1) is 7.47. The Balaban J connectivity index is 3.55. The highest BCUT2D eigenvalue weighted by Gasteiger charge is 2.09. The van der Waals surface area contributed by atoms with Crippen LogP contribution in [0.5, 0.6) is 0 Å². The van der Waals surface area contributed by atoms with E-state index in [9.17, 15) is 4.79 Å². The normalized spacial score (nSPS) is 11.0. The van der Waals surface area contributed by atoms with Crippen LogP contribution in [0.25, 0.3) is 0 Å². The molecular formula is C6H11NO. The average Bonchev–Trinajstić information content (AvgIpc) is 1.21. The number of nitrogens with one attached hydrogen (secondary N) is 1. The summed E-state index contributed by atoms with van der Waals surface area (Å²) in [6, 6.07) is 0. The quantitative estimate of drug-likeness (QED) is 0.490. The highest BCUT2D eigenvalue weighted by atomic mass is 16.1. The van der Waals surface area contributed by atoms with Gasteiger partial charge >= 0.3 is 0 Å². The van der Waals surface area contributed by atoms with Crippen molar-refractivity contribution in [2.24, 2.45) is 0 Å². The zero-order chi connectivity index (χ0) is 6.78. The lowest BCUT2D eigenvalue weighted by molar-refractivity contribution is -0.118. The Kier molecular flexibility index (Phi) is 2.02. The van der Waals surface area contributed by atoms with Gasteiger partial charge in [0, 0.05) is 5.54 Å². The summed E-state index contributed by atoms with van der Waals surface area (Å²) in [6.07, 6.45) is 0. The second-order valence-electron chi connectivity index (χ2n) is 2.74. The van der Waals surface area contributed by atoms with Crippen molar-refractivity contribution in [1.82, 2.24) is 5.32 Å². The number of hydrogen-bond acceptors (Lipinski definition) is 1. The van der Waals surface area contributed by atoms with Crippen LogP contribution in [-0.4, -0.2) is 11.4 Å². The van der Waals surface area contributed by atoms with Crippen molar-refractivity contribution >= 4 is 5.91 Å². The third-order valence-corrected chi connectivity index (χ3v) is 0.498. The van der Waals surface area contributed by atoms with Crippen LogP contribution < -0.4 is 5.32 Å². The molecule has 1 amide bonds. The van der Waals surface area contributed by atoms with Gasteiger partial charge < -0.3 is 5.32 Å². The van der Waals surface area contributed by atoms with Gasteiger partial charge in [-0.1, -0.05) is 0 Å². The Bertz CT molecular complexity index is 91.2. The van der Waals surface area contributed by atoms with Crippen LogP contribution in [0.2, 0.25) is 0 Å². The number of rotatable bonds is 0. The molecule has 0 heterocycles. The molecule has 0 spiro atoms. The second kappa shape index (κ2) is 2.16. The smallest absolute Gasteiger partial charge is 0.225 e. The van der Waals surface area contributed by atoms with E-state index in [-0.39, 0.29) is 5.54 Å². The van der Waals surface area contributed by atoms with E-state index >= 15 is 0 Å². The monoisotopic (exact) mass is 113 g/mol. The van der Waals surface area contributed by atoms with Gasteiger partial charge in [0.15, 0.2) is 0 Å². The van der Waals surface area contributed by atoms with Gasteiger partial charge in [-0.2, -0.15) is 0 Å². The summed E-state index contributed by atoms with van der Waals surface area (Å²) in [6.45, 7) is 10.4. The fourth-order valence-electron chi connectivity index (χ4n) is 0.370. The van der Waals surface area contributed by atoms with E-state index in [2.05, 4.69) is 5.32 Å². The summed E-state index contributed by atoms with van der Waals surface area (Å²) in [4.78, 5) is 10.1.